The summed E-state index contributed by atoms with van der Waals surface area (Å²) < 4.78 is 16.6. The number of pyridine rings is 1. The number of aryl methyl sites for hydroxylation is 1. The summed E-state index contributed by atoms with van der Waals surface area (Å²) in [6, 6.07) is 7.49. The van der Waals surface area contributed by atoms with E-state index < -0.39 is 17.3 Å². The fraction of sp³-hybridized carbons (Fsp3) is 0.0588. The van der Waals surface area contributed by atoms with E-state index in [1.807, 2.05) is 0 Å². The summed E-state index contributed by atoms with van der Waals surface area (Å²) in [6.07, 6.45) is 2.92. The van der Waals surface area contributed by atoms with Gasteiger partial charge in [-0.25, -0.2) is 9.18 Å². The first-order chi connectivity index (χ1) is 12.0. The minimum atomic E-state index is -1.31. The molecule has 0 atom stereocenters. The summed E-state index contributed by atoms with van der Waals surface area (Å²) in [5, 5.41) is 14.0. The normalized spacial score (nSPS) is 11.3. The van der Waals surface area contributed by atoms with E-state index in [0.717, 1.165) is 4.68 Å². The Morgan fingerprint density at radius 2 is 2.00 bits per heavy atom. The van der Waals surface area contributed by atoms with Gasteiger partial charge in [-0.15, -0.1) is 0 Å². The minimum Gasteiger partial charge on any atom is -0.476 e. The Kier molecular flexibility index (Phi) is 3.14. The van der Waals surface area contributed by atoms with E-state index in [4.69, 9.17) is 0 Å². The molecule has 3 aromatic heterocycles. The standard InChI is InChI=1S/C17H11FN4O3/c1-21-14-10(5-2-6-11(14)18)12-13(17(24)25)20-22(16(23)15(12)21)9-4-3-7-19-8-9/h2-8H,1H3,(H,24,25). The van der Waals surface area contributed by atoms with E-state index >= 15 is 0 Å². The van der Waals surface area contributed by atoms with Crippen LogP contribution >= 0.6 is 0 Å². The Balaban J connectivity index is 2.28. The fourth-order valence-corrected chi connectivity index (χ4v) is 3.05. The van der Waals surface area contributed by atoms with Gasteiger partial charge in [0.05, 0.1) is 17.4 Å². The molecule has 8 heteroatoms. The van der Waals surface area contributed by atoms with Crippen LogP contribution < -0.4 is 5.56 Å². The van der Waals surface area contributed by atoms with Gasteiger partial charge < -0.3 is 9.67 Å². The lowest BCUT2D eigenvalue weighted by molar-refractivity contribution is 0.0691. The SMILES string of the molecule is Cn1c2c(F)cccc2c2c(C(=O)O)nn(-c3cccnc3)c(=O)c21. The van der Waals surface area contributed by atoms with Gasteiger partial charge in [0.25, 0.3) is 5.56 Å². The van der Waals surface area contributed by atoms with Crippen LogP contribution in [-0.2, 0) is 7.05 Å². The molecule has 0 fully saturated rings. The molecule has 0 aliphatic heterocycles. The molecule has 0 amide bonds. The highest BCUT2D eigenvalue weighted by molar-refractivity contribution is 6.15. The second-order valence-corrected chi connectivity index (χ2v) is 5.50. The third-order valence-electron chi connectivity index (χ3n) is 4.09. The Morgan fingerprint density at radius 1 is 1.20 bits per heavy atom. The molecule has 3 heterocycles. The Bertz CT molecular complexity index is 1210. The van der Waals surface area contributed by atoms with Gasteiger partial charge in [0.1, 0.15) is 11.3 Å². The van der Waals surface area contributed by atoms with Crippen LogP contribution in [0.1, 0.15) is 10.5 Å². The van der Waals surface area contributed by atoms with Gasteiger partial charge in [-0.05, 0) is 18.2 Å². The first-order valence-electron chi connectivity index (χ1n) is 7.34. The number of aromatic nitrogens is 4. The van der Waals surface area contributed by atoms with E-state index in [2.05, 4.69) is 10.1 Å². The quantitative estimate of drug-likeness (QED) is 0.604. The van der Waals surface area contributed by atoms with Crippen LogP contribution in [-0.4, -0.2) is 30.4 Å². The van der Waals surface area contributed by atoms with Crippen LogP contribution in [0.3, 0.4) is 0 Å². The fourth-order valence-electron chi connectivity index (χ4n) is 3.05. The number of aromatic carboxylic acids is 1. The number of carboxylic acids is 1. The maximum absolute atomic E-state index is 14.3. The molecule has 25 heavy (non-hydrogen) atoms. The van der Waals surface area contributed by atoms with Gasteiger partial charge in [0, 0.05) is 24.0 Å². The monoisotopic (exact) mass is 338 g/mol. The van der Waals surface area contributed by atoms with E-state index in [1.54, 1.807) is 18.2 Å². The number of para-hydroxylation sites is 1. The predicted octanol–water partition coefficient (Wildman–Crippen LogP) is 2.11. The second kappa shape index (κ2) is 5.23. The molecule has 0 saturated heterocycles. The van der Waals surface area contributed by atoms with Crippen molar-refractivity contribution in [3.63, 3.8) is 0 Å². The number of hydrogen-bond donors (Lipinski definition) is 1. The zero-order chi connectivity index (χ0) is 17.7. The number of carbonyl (C=O) groups is 1. The average Bonchev–Trinajstić information content (AvgIpc) is 2.91. The zero-order valence-corrected chi connectivity index (χ0v) is 13.0. The molecular weight excluding hydrogens is 327 g/mol. The molecule has 4 rings (SSSR count). The molecule has 0 aliphatic rings. The summed E-state index contributed by atoms with van der Waals surface area (Å²) in [6.45, 7) is 0. The molecule has 0 bridgehead atoms. The summed E-state index contributed by atoms with van der Waals surface area (Å²) >= 11 is 0. The topological polar surface area (TPSA) is 90.0 Å². The van der Waals surface area contributed by atoms with Gasteiger partial charge in [0.15, 0.2) is 5.69 Å². The highest BCUT2D eigenvalue weighted by Crippen LogP contribution is 2.30. The third-order valence-corrected chi connectivity index (χ3v) is 4.09. The van der Waals surface area contributed by atoms with Crippen LogP contribution in [0.2, 0.25) is 0 Å². The number of carboxylic acid groups (broad SMARTS) is 1. The van der Waals surface area contributed by atoms with Crippen molar-refractivity contribution in [1.29, 1.82) is 0 Å². The van der Waals surface area contributed by atoms with Crippen molar-refractivity contribution in [2.45, 2.75) is 0 Å². The van der Waals surface area contributed by atoms with Crippen molar-refractivity contribution in [2.75, 3.05) is 0 Å². The number of benzene rings is 1. The lowest BCUT2D eigenvalue weighted by Gasteiger charge is -2.07. The Hall–Kier alpha value is -3.55. The summed E-state index contributed by atoms with van der Waals surface area (Å²) in [5.74, 6) is -1.85. The van der Waals surface area contributed by atoms with E-state index in [0.29, 0.717) is 11.1 Å². The van der Waals surface area contributed by atoms with Crippen molar-refractivity contribution in [3.05, 3.63) is 64.6 Å². The molecule has 0 radical (unpaired) electrons. The number of rotatable bonds is 2. The van der Waals surface area contributed by atoms with Crippen LogP contribution in [0, 0.1) is 5.82 Å². The Labute approximate surface area is 139 Å². The highest BCUT2D eigenvalue weighted by atomic mass is 19.1. The lowest BCUT2D eigenvalue weighted by Crippen LogP contribution is -2.25. The Morgan fingerprint density at radius 3 is 2.68 bits per heavy atom. The van der Waals surface area contributed by atoms with E-state index in [9.17, 15) is 19.1 Å². The molecule has 124 valence electrons. The van der Waals surface area contributed by atoms with Gasteiger partial charge in [-0.1, -0.05) is 12.1 Å². The molecule has 0 spiro atoms. The summed E-state index contributed by atoms with van der Waals surface area (Å²) in [7, 11) is 1.52. The van der Waals surface area contributed by atoms with Crippen LogP contribution in [0.4, 0.5) is 4.39 Å². The molecule has 0 saturated carbocycles. The number of fused-ring (bicyclic) bond motifs is 3. The first-order valence-corrected chi connectivity index (χ1v) is 7.34. The molecule has 1 N–H and O–H groups in total. The van der Waals surface area contributed by atoms with Crippen LogP contribution in [0.15, 0.2) is 47.5 Å². The molecule has 0 unspecified atom stereocenters. The maximum atomic E-state index is 14.3. The van der Waals surface area contributed by atoms with Gasteiger partial charge >= 0.3 is 5.97 Å². The van der Waals surface area contributed by atoms with Crippen molar-refractivity contribution in [3.8, 4) is 5.69 Å². The van der Waals surface area contributed by atoms with Crippen LogP contribution in [0.25, 0.3) is 27.5 Å². The number of halogens is 1. The van der Waals surface area contributed by atoms with Crippen molar-refractivity contribution >= 4 is 27.8 Å². The number of hydrogen-bond acceptors (Lipinski definition) is 4. The number of nitrogens with zero attached hydrogens (tertiary/aromatic N) is 4. The van der Waals surface area contributed by atoms with Crippen LogP contribution in [0.5, 0.6) is 0 Å². The largest absolute Gasteiger partial charge is 0.476 e. The zero-order valence-electron chi connectivity index (χ0n) is 13.0. The van der Waals surface area contributed by atoms with E-state index in [1.165, 1.54) is 36.1 Å². The third kappa shape index (κ3) is 2.04. The van der Waals surface area contributed by atoms with Gasteiger partial charge in [-0.2, -0.15) is 9.78 Å². The first kappa shape index (κ1) is 15.0. The highest BCUT2D eigenvalue weighted by Gasteiger charge is 2.24. The van der Waals surface area contributed by atoms with E-state index in [-0.39, 0.29) is 22.1 Å². The van der Waals surface area contributed by atoms with Crippen molar-refractivity contribution in [2.24, 2.45) is 7.05 Å². The summed E-state index contributed by atoms with van der Waals surface area (Å²) in [5.41, 5.74) is -0.331. The average molecular weight is 338 g/mol. The molecule has 7 nitrogen and oxygen atoms in total. The smallest absolute Gasteiger partial charge is 0.357 e. The predicted molar refractivity (Wildman–Crippen MR) is 88.5 cm³/mol. The van der Waals surface area contributed by atoms with Gasteiger partial charge in [0.2, 0.25) is 0 Å². The van der Waals surface area contributed by atoms with Crippen molar-refractivity contribution < 1.29 is 14.3 Å². The summed E-state index contributed by atoms with van der Waals surface area (Å²) in [4.78, 5) is 28.6. The molecule has 0 aliphatic carbocycles. The minimum absolute atomic E-state index is 0.0661. The molecular formula is C17H11FN4O3. The molecule has 4 aromatic rings. The second-order valence-electron chi connectivity index (χ2n) is 5.50. The van der Waals surface area contributed by atoms with Crippen molar-refractivity contribution in [1.82, 2.24) is 19.3 Å². The maximum Gasteiger partial charge on any atom is 0.357 e. The molecule has 1 aromatic carbocycles. The lowest BCUT2D eigenvalue weighted by atomic mass is 10.1. The van der Waals surface area contributed by atoms with Gasteiger partial charge in [-0.3, -0.25) is 9.78 Å².